The molecule has 0 saturated carbocycles. The summed E-state index contributed by atoms with van der Waals surface area (Å²) >= 11 is 6.01. The minimum absolute atomic E-state index is 0.118. The number of hydrogen-bond donors (Lipinski definition) is 1. The van der Waals surface area contributed by atoms with Crippen LogP contribution in [0.1, 0.15) is 26.5 Å². The molecule has 7 nitrogen and oxygen atoms in total. The van der Waals surface area contributed by atoms with Crippen LogP contribution in [0.4, 0.5) is 0 Å². The molecule has 0 aliphatic heterocycles. The third-order valence-corrected chi connectivity index (χ3v) is 3.83. The third kappa shape index (κ3) is 4.77. The van der Waals surface area contributed by atoms with E-state index in [1.807, 2.05) is 0 Å². The highest BCUT2D eigenvalue weighted by atomic mass is 35.5. The quantitative estimate of drug-likeness (QED) is 0.294. The van der Waals surface area contributed by atoms with Crippen LogP contribution < -0.4 is 14.9 Å². The Morgan fingerprint density at radius 3 is 2.75 bits per heavy atom. The fourth-order valence-electron chi connectivity index (χ4n) is 2.25. The molecule has 0 saturated heterocycles. The van der Waals surface area contributed by atoms with Crippen LogP contribution in [-0.4, -0.2) is 25.2 Å². The zero-order valence-corrected chi connectivity index (χ0v) is 15.5. The number of ether oxygens (including phenoxy) is 2. The van der Waals surface area contributed by atoms with Crippen molar-refractivity contribution in [2.24, 2.45) is 5.10 Å². The van der Waals surface area contributed by atoms with Gasteiger partial charge in [-0.1, -0.05) is 17.7 Å². The number of amides is 1. The van der Waals surface area contributed by atoms with Crippen molar-refractivity contribution in [3.8, 4) is 11.5 Å². The van der Waals surface area contributed by atoms with Gasteiger partial charge in [-0.15, -0.1) is 0 Å². The molecule has 0 aliphatic carbocycles. The molecule has 0 radical (unpaired) electrons. The molecular formula is C20H15ClN2O5. The summed E-state index contributed by atoms with van der Waals surface area (Å²) < 4.78 is 15.5. The number of esters is 1. The van der Waals surface area contributed by atoms with Crippen LogP contribution in [0.15, 0.2) is 70.4 Å². The van der Waals surface area contributed by atoms with Gasteiger partial charge < -0.3 is 13.9 Å². The summed E-state index contributed by atoms with van der Waals surface area (Å²) in [6, 6.07) is 14.3. The fraction of sp³-hybridized carbons (Fsp3) is 0.0500. The van der Waals surface area contributed by atoms with Crippen LogP contribution in [0.25, 0.3) is 0 Å². The largest absolute Gasteiger partial charge is 0.497 e. The van der Waals surface area contributed by atoms with Crippen LogP contribution in [0.5, 0.6) is 11.5 Å². The topological polar surface area (TPSA) is 90.1 Å². The lowest BCUT2D eigenvalue weighted by Crippen LogP contribution is -2.17. The minimum atomic E-state index is -0.574. The van der Waals surface area contributed by atoms with Gasteiger partial charge in [0.2, 0.25) is 0 Å². The molecule has 0 spiro atoms. The Kier molecular flexibility index (Phi) is 6.08. The SMILES string of the molecule is COc1cccc(C(=O)Oc2ccc(Cl)cc2/C=N/NC(=O)c2ccco2)c1. The summed E-state index contributed by atoms with van der Waals surface area (Å²) in [5, 5.41) is 4.27. The van der Waals surface area contributed by atoms with Crippen molar-refractivity contribution in [3.63, 3.8) is 0 Å². The first-order valence-corrected chi connectivity index (χ1v) is 8.47. The molecule has 142 valence electrons. The van der Waals surface area contributed by atoms with Crippen LogP contribution in [-0.2, 0) is 0 Å². The van der Waals surface area contributed by atoms with Gasteiger partial charge in [-0.25, -0.2) is 10.2 Å². The molecule has 3 rings (SSSR count). The first-order chi connectivity index (χ1) is 13.6. The highest BCUT2D eigenvalue weighted by Crippen LogP contribution is 2.23. The molecule has 28 heavy (non-hydrogen) atoms. The average molecular weight is 399 g/mol. The third-order valence-electron chi connectivity index (χ3n) is 3.59. The zero-order chi connectivity index (χ0) is 19.9. The van der Waals surface area contributed by atoms with Gasteiger partial charge in [-0.05, 0) is 48.5 Å². The van der Waals surface area contributed by atoms with E-state index in [9.17, 15) is 9.59 Å². The molecule has 1 heterocycles. The summed E-state index contributed by atoms with van der Waals surface area (Å²) in [4.78, 5) is 24.2. The number of nitrogens with zero attached hydrogens (tertiary/aromatic N) is 1. The normalized spacial score (nSPS) is 10.6. The van der Waals surface area contributed by atoms with Gasteiger partial charge in [0.1, 0.15) is 11.5 Å². The lowest BCUT2D eigenvalue weighted by Gasteiger charge is -2.09. The Morgan fingerprint density at radius 1 is 1.14 bits per heavy atom. The highest BCUT2D eigenvalue weighted by molar-refractivity contribution is 6.31. The summed E-state index contributed by atoms with van der Waals surface area (Å²) in [6.45, 7) is 0. The smallest absolute Gasteiger partial charge is 0.343 e. The molecule has 0 bridgehead atoms. The molecule has 8 heteroatoms. The maximum absolute atomic E-state index is 12.4. The number of halogens is 1. The van der Waals surface area contributed by atoms with E-state index in [4.69, 9.17) is 25.5 Å². The number of nitrogens with one attached hydrogen (secondary N) is 1. The van der Waals surface area contributed by atoms with Gasteiger partial charge >= 0.3 is 11.9 Å². The number of furan rings is 1. The molecule has 0 atom stereocenters. The van der Waals surface area contributed by atoms with Crippen molar-refractivity contribution >= 4 is 29.7 Å². The van der Waals surface area contributed by atoms with Gasteiger partial charge in [-0.2, -0.15) is 5.10 Å². The number of carbonyl (C=O) groups is 2. The van der Waals surface area contributed by atoms with Crippen LogP contribution in [0, 0.1) is 0 Å². The molecule has 0 fully saturated rings. The highest BCUT2D eigenvalue weighted by Gasteiger charge is 2.13. The predicted molar refractivity (Wildman–Crippen MR) is 103 cm³/mol. The van der Waals surface area contributed by atoms with Crippen molar-refractivity contribution in [2.75, 3.05) is 7.11 Å². The number of hydrazone groups is 1. The van der Waals surface area contributed by atoms with Crippen molar-refractivity contribution in [2.45, 2.75) is 0 Å². The van der Waals surface area contributed by atoms with Crippen molar-refractivity contribution in [1.29, 1.82) is 0 Å². The van der Waals surface area contributed by atoms with Gasteiger partial charge in [0.25, 0.3) is 0 Å². The van der Waals surface area contributed by atoms with Gasteiger partial charge in [-0.3, -0.25) is 4.79 Å². The predicted octanol–water partition coefficient (Wildman–Crippen LogP) is 3.92. The second kappa shape index (κ2) is 8.88. The molecule has 0 unspecified atom stereocenters. The Morgan fingerprint density at radius 2 is 2.00 bits per heavy atom. The van der Waals surface area contributed by atoms with E-state index >= 15 is 0 Å². The molecular weight excluding hydrogens is 384 g/mol. The van der Waals surface area contributed by atoms with E-state index in [0.29, 0.717) is 21.9 Å². The first-order valence-electron chi connectivity index (χ1n) is 8.09. The number of benzene rings is 2. The van der Waals surface area contributed by atoms with Gasteiger partial charge in [0.15, 0.2) is 5.76 Å². The van der Waals surface area contributed by atoms with E-state index in [0.717, 1.165) is 0 Å². The molecule has 3 aromatic rings. The second-order valence-electron chi connectivity index (χ2n) is 5.48. The summed E-state index contributed by atoms with van der Waals surface area (Å²) in [5.41, 5.74) is 3.05. The van der Waals surface area contributed by atoms with Gasteiger partial charge in [0.05, 0.1) is 25.2 Å². The van der Waals surface area contributed by atoms with Crippen LogP contribution in [0.2, 0.25) is 5.02 Å². The lowest BCUT2D eigenvalue weighted by molar-refractivity contribution is 0.0733. The molecule has 1 aromatic heterocycles. The first kappa shape index (κ1) is 19.2. The van der Waals surface area contributed by atoms with E-state index in [1.165, 1.54) is 31.7 Å². The number of hydrogen-bond acceptors (Lipinski definition) is 6. The number of methoxy groups -OCH3 is 1. The van der Waals surface area contributed by atoms with E-state index in [-0.39, 0.29) is 11.5 Å². The van der Waals surface area contributed by atoms with Crippen molar-refractivity contribution in [3.05, 3.63) is 82.8 Å². The van der Waals surface area contributed by atoms with E-state index in [2.05, 4.69) is 10.5 Å². The molecule has 2 aromatic carbocycles. The molecule has 0 aliphatic rings. The summed E-state index contributed by atoms with van der Waals surface area (Å²) in [6.07, 6.45) is 2.70. The maximum atomic E-state index is 12.4. The minimum Gasteiger partial charge on any atom is -0.497 e. The van der Waals surface area contributed by atoms with E-state index in [1.54, 1.807) is 42.5 Å². The summed E-state index contributed by atoms with van der Waals surface area (Å²) in [5.74, 6) is -0.206. The second-order valence-corrected chi connectivity index (χ2v) is 5.92. The van der Waals surface area contributed by atoms with E-state index < -0.39 is 11.9 Å². The Bertz CT molecular complexity index is 1020. The fourth-order valence-corrected chi connectivity index (χ4v) is 2.43. The Hall–Kier alpha value is -3.58. The number of rotatable bonds is 6. The van der Waals surface area contributed by atoms with Crippen molar-refractivity contribution < 1.29 is 23.5 Å². The average Bonchev–Trinajstić information content (AvgIpc) is 3.25. The molecule has 1 N–H and O–H groups in total. The standard InChI is InChI=1S/C20H15ClN2O5/c1-26-16-5-2-4-13(11-16)20(25)28-17-8-7-15(21)10-14(17)12-22-23-19(24)18-6-3-9-27-18/h2-12H,1H3,(H,23,24)/b22-12+. The summed E-state index contributed by atoms with van der Waals surface area (Å²) in [7, 11) is 1.51. The van der Waals surface area contributed by atoms with Gasteiger partial charge in [0, 0.05) is 10.6 Å². The maximum Gasteiger partial charge on any atom is 0.343 e. The number of carbonyl (C=O) groups excluding carboxylic acids is 2. The monoisotopic (exact) mass is 398 g/mol. The van der Waals surface area contributed by atoms with Crippen LogP contribution >= 0.6 is 11.6 Å². The lowest BCUT2D eigenvalue weighted by atomic mass is 10.2. The van der Waals surface area contributed by atoms with Crippen LogP contribution in [0.3, 0.4) is 0 Å². The Balaban J connectivity index is 1.75. The Labute approximate surface area is 165 Å². The van der Waals surface area contributed by atoms with Crippen molar-refractivity contribution in [1.82, 2.24) is 5.43 Å². The molecule has 1 amide bonds. The zero-order valence-electron chi connectivity index (χ0n) is 14.7.